The molecular formula is C36H35FN6O5. The standard InChI is InChI=1S/C36H35FN6O5/c1-3-47-27-15-11-22(12-16-27)19-24-7-5-10-29-31(24)39-43(33(29)23-13-17-28(18-14-23)48-4-2)30(44)21-41-34-32(38-40-41)35(45)42(36(34)46)26-9-6-8-25(37)20-26/h6,8-9,11-20,29,32-34H,3-5,7,10,21H2,1-2H3/b24-19+/t29-,32-,33-,34+/m0/s1. The quantitative estimate of drug-likeness (QED) is 0.273. The van der Waals surface area contributed by atoms with E-state index in [0.29, 0.717) is 13.2 Å². The van der Waals surface area contributed by atoms with Crippen LogP contribution in [0.25, 0.3) is 6.08 Å². The number of amides is 3. The highest BCUT2D eigenvalue weighted by molar-refractivity contribution is 6.25. The molecule has 2 fully saturated rings. The van der Waals surface area contributed by atoms with E-state index in [-0.39, 0.29) is 24.1 Å². The number of hydrazone groups is 1. The molecule has 0 N–H and O–H groups in total. The molecule has 246 valence electrons. The highest BCUT2D eigenvalue weighted by Gasteiger charge is 2.55. The maximum absolute atomic E-state index is 14.2. The minimum absolute atomic E-state index is 0.0549. The molecule has 7 rings (SSSR count). The van der Waals surface area contributed by atoms with Gasteiger partial charge in [-0.3, -0.25) is 19.4 Å². The molecule has 3 amide bonds. The van der Waals surface area contributed by atoms with E-state index in [1.54, 1.807) is 0 Å². The molecule has 0 spiro atoms. The van der Waals surface area contributed by atoms with Crippen LogP contribution < -0.4 is 14.4 Å². The zero-order chi connectivity index (χ0) is 33.4. The second-order valence-electron chi connectivity index (χ2n) is 12.0. The summed E-state index contributed by atoms with van der Waals surface area (Å²) < 4.78 is 25.2. The van der Waals surface area contributed by atoms with Crippen LogP contribution in [0.2, 0.25) is 0 Å². The number of allylic oxidation sites excluding steroid dienone is 1. The summed E-state index contributed by atoms with van der Waals surface area (Å²) in [4.78, 5) is 41.8. The topological polar surface area (TPSA) is 116 Å². The Morgan fingerprint density at radius 3 is 2.33 bits per heavy atom. The maximum atomic E-state index is 14.2. The number of hydrogen-bond donors (Lipinski definition) is 0. The van der Waals surface area contributed by atoms with Gasteiger partial charge < -0.3 is 9.47 Å². The number of anilines is 1. The van der Waals surface area contributed by atoms with Crippen molar-refractivity contribution in [1.82, 2.24) is 10.0 Å². The zero-order valence-corrected chi connectivity index (χ0v) is 26.7. The molecule has 4 atom stereocenters. The van der Waals surface area contributed by atoms with Gasteiger partial charge in [-0.05, 0) is 98.4 Å². The number of nitrogens with zero attached hydrogens (tertiary/aromatic N) is 6. The van der Waals surface area contributed by atoms with Crippen molar-refractivity contribution in [3.63, 3.8) is 0 Å². The molecule has 12 heteroatoms. The lowest BCUT2D eigenvalue weighted by atomic mass is 9.77. The summed E-state index contributed by atoms with van der Waals surface area (Å²) in [6, 6.07) is 18.2. The highest BCUT2D eigenvalue weighted by Crippen LogP contribution is 2.45. The molecule has 11 nitrogen and oxygen atoms in total. The monoisotopic (exact) mass is 650 g/mol. The normalized spacial score (nSPS) is 23.9. The van der Waals surface area contributed by atoms with Gasteiger partial charge >= 0.3 is 0 Å². The van der Waals surface area contributed by atoms with Gasteiger partial charge in [-0.25, -0.2) is 14.3 Å². The average Bonchev–Trinajstić information content (AvgIpc) is 3.75. The van der Waals surface area contributed by atoms with Crippen molar-refractivity contribution < 1.29 is 28.2 Å². The number of hydrogen-bond acceptors (Lipinski definition) is 9. The fourth-order valence-corrected chi connectivity index (χ4v) is 6.93. The van der Waals surface area contributed by atoms with Gasteiger partial charge in [0.2, 0.25) is 0 Å². The van der Waals surface area contributed by atoms with Gasteiger partial charge in [0.1, 0.15) is 23.9 Å². The Kier molecular flexibility index (Phi) is 8.47. The van der Waals surface area contributed by atoms with Crippen LogP contribution in [0, 0.1) is 11.7 Å². The molecular weight excluding hydrogens is 615 g/mol. The Morgan fingerprint density at radius 2 is 1.65 bits per heavy atom. The number of halogens is 1. The van der Waals surface area contributed by atoms with Crippen LogP contribution in [-0.2, 0) is 14.4 Å². The average molecular weight is 651 g/mol. The van der Waals surface area contributed by atoms with Crippen molar-refractivity contribution in [3.8, 4) is 11.5 Å². The van der Waals surface area contributed by atoms with Crippen molar-refractivity contribution in [2.24, 2.45) is 21.4 Å². The van der Waals surface area contributed by atoms with E-state index in [9.17, 15) is 18.8 Å². The number of ether oxygens (including phenoxy) is 2. The van der Waals surface area contributed by atoms with E-state index in [2.05, 4.69) is 16.4 Å². The van der Waals surface area contributed by atoms with Crippen molar-refractivity contribution in [2.45, 2.75) is 51.2 Å². The van der Waals surface area contributed by atoms with Gasteiger partial charge in [-0.2, -0.15) is 10.2 Å². The van der Waals surface area contributed by atoms with Crippen LogP contribution in [0.15, 0.2) is 93.8 Å². The fraction of sp³-hybridized carbons (Fsp3) is 0.333. The Hall–Kier alpha value is -5.39. The van der Waals surface area contributed by atoms with E-state index in [0.717, 1.165) is 64.1 Å². The molecule has 48 heavy (non-hydrogen) atoms. The lowest BCUT2D eigenvalue weighted by Crippen LogP contribution is -2.45. The third-order valence-corrected chi connectivity index (χ3v) is 9.04. The minimum Gasteiger partial charge on any atom is -0.494 e. The van der Waals surface area contributed by atoms with E-state index in [4.69, 9.17) is 14.6 Å². The van der Waals surface area contributed by atoms with Gasteiger partial charge in [-0.15, -0.1) is 0 Å². The first-order valence-electron chi connectivity index (χ1n) is 16.2. The predicted octanol–water partition coefficient (Wildman–Crippen LogP) is 5.74. The van der Waals surface area contributed by atoms with E-state index < -0.39 is 35.8 Å². The van der Waals surface area contributed by atoms with Crippen LogP contribution in [0.3, 0.4) is 0 Å². The predicted molar refractivity (Wildman–Crippen MR) is 176 cm³/mol. The van der Waals surface area contributed by atoms with Crippen LogP contribution in [-0.4, -0.2) is 65.3 Å². The first-order valence-corrected chi connectivity index (χ1v) is 16.2. The summed E-state index contributed by atoms with van der Waals surface area (Å²) >= 11 is 0. The number of imide groups is 1. The van der Waals surface area contributed by atoms with E-state index >= 15 is 0 Å². The SMILES string of the molecule is CCOc1ccc(/C=C2\CCC[C@H]3C2=NN(C(=O)CN2N=N[C@@H]4C(=O)N(c5cccc(F)c5)C(=O)[C@@H]42)[C@H]3c2ccc(OCC)cc2)cc1. The van der Waals surface area contributed by atoms with Crippen LogP contribution in [0.1, 0.15) is 50.3 Å². The minimum atomic E-state index is -1.12. The summed E-state index contributed by atoms with van der Waals surface area (Å²) in [6.07, 6.45) is 4.70. The van der Waals surface area contributed by atoms with Gasteiger partial charge in [0.25, 0.3) is 17.7 Å². The Balaban J connectivity index is 1.18. The second kappa shape index (κ2) is 13.0. The molecule has 0 aromatic heterocycles. The van der Waals surface area contributed by atoms with Gasteiger partial charge in [0.15, 0.2) is 12.1 Å². The third kappa shape index (κ3) is 5.71. The summed E-state index contributed by atoms with van der Waals surface area (Å²) in [7, 11) is 0. The van der Waals surface area contributed by atoms with Crippen molar-refractivity contribution in [1.29, 1.82) is 0 Å². The maximum Gasteiger partial charge on any atom is 0.264 e. The summed E-state index contributed by atoms with van der Waals surface area (Å²) in [5, 5.41) is 15.8. The molecule has 3 aliphatic heterocycles. The highest BCUT2D eigenvalue weighted by atomic mass is 19.1. The largest absolute Gasteiger partial charge is 0.494 e. The molecule has 0 radical (unpaired) electrons. The lowest BCUT2D eigenvalue weighted by Gasteiger charge is -2.30. The molecule has 3 aromatic rings. The number of carbonyl (C=O) groups is 3. The van der Waals surface area contributed by atoms with Crippen molar-refractivity contribution in [3.05, 3.63) is 95.3 Å². The molecule has 0 bridgehead atoms. The molecule has 3 heterocycles. The molecule has 3 aromatic carbocycles. The van der Waals surface area contributed by atoms with Gasteiger partial charge in [0, 0.05) is 5.92 Å². The number of fused-ring (bicyclic) bond motifs is 2. The number of carbonyl (C=O) groups excluding carboxylic acids is 3. The summed E-state index contributed by atoms with van der Waals surface area (Å²) in [6.45, 7) is 4.67. The van der Waals surface area contributed by atoms with E-state index in [1.165, 1.54) is 28.2 Å². The smallest absolute Gasteiger partial charge is 0.264 e. The first kappa shape index (κ1) is 31.2. The third-order valence-electron chi connectivity index (χ3n) is 9.04. The Labute approximate surface area is 277 Å². The van der Waals surface area contributed by atoms with Crippen LogP contribution in [0.5, 0.6) is 11.5 Å². The molecule has 1 saturated carbocycles. The van der Waals surface area contributed by atoms with Crippen molar-refractivity contribution >= 4 is 35.2 Å². The molecule has 1 aliphatic carbocycles. The van der Waals surface area contributed by atoms with Crippen LogP contribution >= 0.6 is 0 Å². The number of benzene rings is 3. The van der Waals surface area contributed by atoms with Gasteiger partial charge in [0.05, 0.1) is 30.7 Å². The van der Waals surface area contributed by atoms with Crippen LogP contribution in [0.4, 0.5) is 10.1 Å². The molecule has 1 saturated heterocycles. The summed E-state index contributed by atoms with van der Waals surface area (Å²) in [5.74, 6) is -0.717. The Bertz CT molecular complexity index is 1820. The second-order valence-corrected chi connectivity index (χ2v) is 12.0. The zero-order valence-electron chi connectivity index (χ0n) is 26.7. The van der Waals surface area contributed by atoms with Gasteiger partial charge in [-0.1, -0.05) is 35.6 Å². The molecule has 4 aliphatic rings. The van der Waals surface area contributed by atoms with Crippen molar-refractivity contribution in [2.75, 3.05) is 24.7 Å². The molecule has 0 unspecified atom stereocenters. The lowest BCUT2D eigenvalue weighted by molar-refractivity contribution is -0.136. The Morgan fingerprint density at radius 1 is 0.938 bits per heavy atom. The fourth-order valence-electron chi connectivity index (χ4n) is 6.93. The summed E-state index contributed by atoms with van der Waals surface area (Å²) in [5.41, 5.74) is 3.94. The number of rotatable bonds is 9. The van der Waals surface area contributed by atoms with E-state index in [1.807, 2.05) is 62.4 Å². The first-order chi connectivity index (χ1) is 23.4.